The minimum Gasteiger partial charge on any atom is -0.376 e. The smallest absolute Gasteiger partial charge is 0.227 e. The van der Waals surface area contributed by atoms with Gasteiger partial charge in [0.1, 0.15) is 5.82 Å². The molecule has 1 aliphatic heterocycles. The molecular weight excluding hydrogens is 378 g/mol. The molecule has 0 aromatic carbocycles. The molecule has 1 saturated heterocycles. The van der Waals surface area contributed by atoms with Gasteiger partial charge in [-0.1, -0.05) is 6.92 Å². The lowest BCUT2D eigenvalue weighted by atomic mass is 10.2. The molecular formula is C19H31N5O3S. The number of rotatable bonds is 10. The zero-order valence-electron chi connectivity index (χ0n) is 17.0. The van der Waals surface area contributed by atoms with Crippen LogP contribution in [0.15, 0.2) is 23.7 Å². The largest absolute Gasteiger partial charge is 0.376 e. The van der Waals surface area contributed by atoms with E-state index in [2.05, 4.69) is 26.4 Å². The Balaban J connectivity index is 1.81. The summed E-state index contributed by atoms with van der Waals surface area (Å²) in [6.45, 7) is 7.39. The Bertz CT molecular complexity index is 868. The van der Waals surface area contributed by atoms with Crippen LogP contribution < -0.4 is 0 Å². The van der Waals surface area contributed by atoms with Gasteiger partial charge in [-0.05, 0) is 33.2 Å². The van der Waals surface area contributed by atoms with Crippen molar-refractivity contribution in [1.82, 2.24) is 24.0 Å². The highest BCUT2D eigenvalue weighted by atomic mass is 32.2. The number of hydrogen-bond acceptors (Lipinski definition) is 6. The fourth-order valence-electron chi connectivity index (χ4n) is 3.67. The van der Waals surface area contributed by atoms with Gasteiger partial charge in [0.25, 0.3) is 0 Å². The van der Waals surface area contributed by atoms with Crippen molar-refractivity contribution >= 4 is 9.84 Å². The van der Waals surface area contributed by atoms with E-state index in [1.165, 1.54) is 0 Å². The first-order valence-electron chi connectivity index (χ1n) is 10.0. The summed E-state index contributed by atoms with van der Waals surface area (Å²) in [5, 5.41) is 0.170. The van der Waals surface area contributed by atoms with Gasteiger partial charge in [-0.3, -0.25) is 4.90 Å². The predicted octanol–water partition coefficient (Wildman–Crippen LogP) is 2.09. The van der Waals surface area contributed by atoms with Crippen molar-refractivity contribution in [1.29, 1.82) is 0 Å². The Hall–Kier alpha value is -1.71. The molecule has 1 aliphatic rings. The number of aryl methyl sites for hydroxylation is 1. The minimum atomic E-state index is -3.40. The molecule has 0 amide bonds. The summed E-state index contributed by atoms with van der Waals surface area (Å²) >= 11 is 0. The summed E-state index contributed by atoms with van der Waals surface area (Å²) in [5.41, 5.74) is 0.891. The van der Waals surface area contributed by atoms with Crippen LogP contribution in [-0.4, -0.2) is 57.9 Å². The van der Waals surface area contributed by atoms with Gasteiger partial charge in [-0.15, -0.1) is 0 Å². The number of sulfone groups is 1. The number of ether oxygens (including phenoxy) is 1. The van der Waals surface area contributed by atoms with Crippen LogP contribution >= 0.6 is 0 Å². The normalized spacial score (nSPS) is 17.6. The van der Waals surface area contributed by atoms with E-state index in [1.54, 1.807) is 6.20 Å². The molecule has 3 heterocycles. The lowest BCUT2D eigenvalue weighted by Gasteiger charge is -2.20. The average Bonchev–Trinajstić information content (AvgIpc) is 3.37. The van der Waals surface area contributed by atoms with Gasteiger partial charge < -0.3 is 13.9 Å². The Morgan fingerprint density at radius 1 is 1.29 bits per heavy atom. The van der Waals surface area contributed by atoms with E-state index >= 15 is 0 Å². The van der Waals surface area contributed by atoms with Gasteiger partial charge in [0, 0.05) is 32.1 Å². The van der Waals surface area contributed by atoms with E-state index in [1.807, 2.05) is 30.9 Å². The molecule has 0 N–H and O–H groups in total. The molecule has 2 aromatic rings. The molecule has 9 heteroatoms. The Labute approximate surface area is 167 Å². The molecule has 0 unspecified atom stereocenters. The molecule has 2 aromatic heterocycles. The van der Waals surface area contributed by atoms with Gasteiger partial charge in [-0.2, -0.15) is 0 Å². The summed E-state index contributed by atoms with van der Waals surface area (Å²) in [7, 11) is -1.38. The van der Waals surface area contributed by atoms with Crippen LogP contribution in [0, 0.1) is 0 Å². The third kappa shape index (κ3) is 4.82. The Kier molecular flexibility index (Phi) is 6.90. The highest BCUT2D eigenvalue weighted by Gasteiger charge is 2.26. The summed E-state index contributed by atoms with van der Waals surface area (Å²) in [6.07, 6.45) is 8.07. The fraction of sp³-hybridized carbons (Fsp3) is 0.684. The second-order valence-corrected chi connectivity index (χ2v) is 9.40. The molecule has 0 radical (unpaired) electrons. The molecule has 156 valence electrons. The molecule has 1 atom stereocenters. The van der Waals surface area contributed by atoms with Crippen molar-refractivity contribution in [2.24, 2.45) is 0 Å². The van der Waals surface area contributed by atoms with Gasteiger partial charge in [-0.25, -0.2) is 18.4 Å². The first-order valence-corrected chi connectivity index (χ1v) is 11.7. The first kappa shape index (κ1) is 21.0. The van der Waals surface area contributed by atoms with Crippen LogP contribution in [-0.2, 0) is 40.8 Å². The van der Waals surface area contributed by atoms with Crippen molar-refractivity contribution in [3.05, 3.63) is 30.1 Å². The van der Waals surface area contributed by atoms with E-state index in [0.717, 1.165) is 37.5 Å². The molecule has 1 fully saturated rings. The van der Waals surface area contributed by atoms with Crippen LogP contribution in [0.25, 0.3) is 0 Å². The molecule has 0 spiro atoms. The van der Waals surface area contributed by atoms with E-state index in [-0.39, 0.29) is 17.0 Å². The monoisotopic (exact) mass is 409 g/mol. The van der Waals surface area contributed by atoms with E-state index < -0.39 is 9.84 Å². The molecule has 0 aliphatic carbocycles. The zero-order chi connectivity index (χ0) is 20.1. The second-order valence-electron chi connectivity index (χ2n) is 7.40. The maximum absolute atomic E-state index is 12.7. The third-order valence-corrected chi connectivity index (χ3v) is 6.88. The highest BCUT2D eigenvalue weighted by molar-refractivity contribution is 7.91. The summed E-state index contributed by atoms with van der Waals surface area (Å²) in [4.78, 5) is 10.9. The quantitative estimate of drug-likeness (QED) is 0.598. The molecule has 28 heavy (non-hydrogen) atoms. The van der Waals surface area contributed by atoms with E-state index in [4.69, 9.17) is 4.74 Å². The Morgan fingerprint density at radius 2 is 2.11 bits per heavy atom. The van der Waals surface area contributed by atoms with Gasteiger partial charge >= 0.3 is 0 Å². The molecule has 8 nitrogen and oxygen atoms in total. The number of imidazole rings is 2. The number of hydrogen-bond donors (Lipinski definition) is 0. The van der Waals surface area contributed by atoms with Gasteiger partial charge in [0.15, 0.2) is 0 Å². The summed E-state index contributed by atoms with van der Waals surface area (Å²) < 4.78 is 35.1. The fourth-order valence-corrected chi connectivity index (χ4v) is 5.13. The maximum Gasteiger partial charge on any atom is 0.227 e. The second kappa shape index (κ2) is 9.19. The number of nitrogens with zero attached hydrogens (tertiary/aromatic N) is 5. The van der Waals surface area contributed by atoms with Crippen LogP contribution in [0.3, 0.4) is 0 Å². The van der Waals surface area contributed by atoms with Crippen molar-refractivity contribution in [3.8, 4) is 0 Å². The van der Waals surface area contributed by atoms with Crippen LogP contribution in [0.5, 0.6) is 0 Å². The first-order chi connectivity index (χ1) is 13.4. The average molecular weight is 410 g/mol. The molecule has 0 bridgehead atoms. The predicted molar refractivity (Wildman–Crippen MR) is 107 cm³/mol. The van der Waals surface area contributed by atoms with Crippen molar-refractivity contribution in [3.63, 3.8) is 0 Å². The lowest BCUT2D eigenvalue weighted by molar-refractivity contribution is 0.0934. The van der Waals surface area contributed by atoms with Crippen LogP contribution in [0.2, 0.25) is 0 Å². The molecule has 0 saturated carbocycles. The maximum atomic E-state index is 12.7. The SMILES string of the molecule is CCCS(=O)(=O)c1ncc(CN(C)Cc2nccn2CC)n1C[C@@H]1CCCO1. The Morgan fingerprint density at radius 3 is 2.79 bits per heavy atom. The topological polar surface area (TPSA) is 82.3 Å². The van der Waals surface area contributed by atoms with Crippen LogP contribution in [0.4, 0.5) is 0 Å². The van der Waals surface area contributed by atoms with Crippen molar-refractivity contribution in [2.45, 2.75) is 70.5 Å². The third-order valence-electron chi connectivity index (χ3n) is 5.05. The van der Waals surface area contributed by atoms with Crippen LogP contribution in [0.1, 0.15) is 44.6 Å². The zero-order valence-corrected chi connectivity index (χ0v) is 17.9. The van der Waals surface area contributed by atoms with E-state index in [9.17, 15) is 8.42 Å². The van der Waals surface area contributed by atoms with Crippen molar-refractivity contribution in [2.75, 3.05) is 19.4 Å². The van der Waals surface area contributed by atoms with Gasteiger partial charge in [0.05, 0.1) is 36.8 Å². The molecule has 3 rings (SSSR count). The van der Waals surface area contributed by atoms with Crippen molar-refractivity contribution < 1.29 is 13.2 Å². The highest BCUT2D eigenvalue weighted by Crippen LogP contribution is 2.21. The standard InChI is InChI=1S/C19H31N5O3S/c1-4-11-28(25,26)19-21-12-16(24(19)14-17-7-6-10-27-17)13-22(3)15-18-20-8-9-23(18)5-2/h8-9,12,17H,4-7,10-11,13-15H2,1-3H3/t17-/m0/s1. The van der Waals surface area contributed by atoms with E-state index in [0.29, 0.717) is 26.1 Å². The number of aromatic nitrogens is 4. The van der Waals surface area contributed by atoms with Gasteiger partial charge in [0.2, 0.25) is 15.0 Å². The summed E-state index contributed by atoms with van der Waals surface area (Å²) in [6, 6.07) is 0. The summed E-state index contributed by atoms with van der Waals surface area (Å²) in [5.74, 6) is 1.10. The lowest BCUT2D eigenvalue weighted by Crippen LogP contribution is -2.25. The minimum absolute atomic E-state index is 0.0489.